The molecule has 8 nitrogen and oxygen atoms in total. The molecule has 33 heavy (non-hydrogen) atoms. The lowest BCUT2D eigenvalue weighted by Gasteiger charge is -2.35. The van der Waals surface area contributed by atoms with Crippen LogP contribution in [0.15, 0.2) is 59.8 Å². The molecule has 2 N–H and O–H groups in total. The van der Waals surface area contributed by atoms with Gasteiger partial charge in [0.1, 0.15) is 12.6 Å². The Kier molecular flexibility index (Phi) is 4.87. The molecule has 3 aromatic rings. The molecule has 0 bridgehead atoms. The molecule has 3 heterocycles. The molecule has 6 rings (SSSR count). The molecular weight excluding hydrogens is 420 g/mol. The van der Waals surface area contributed by atoms with Crippen LogP contribution in [-0.2, 0) is 11.4 Å². The minimum atomic E-state index is -0.453. The van der Waals surface area contributed by atoms with Crippen LogP contribution >= 0.6 is 0 Å². The molecule has 1 aromatic heterocycles. The van der Waals surface area contributed by atoms with E-state index < -0.39 is 6.04 Å². The average Bonchev–Trinajstić information content (AvgIpc) is 3.11. The number of carbonyl (C=O) groups excluding carboxylic acids is 1. The molecule has 0 saturated carbocycles. The molecule has 168 valence electrons. The van der Waals surface area contributed by atoms with Crippen molar-refractivity contribution >= 4 is 11.7 Å². The van der Waals surface area contributed by atoms with Gasteiger partial charge in [0, 0.05) is 24.1 Å². The van der Waals surface area contributed by atoms with Gasteiger partial charge in [-0.1, -0.05) is 36.4 Å². The van der Waals surface area contributed by atoms with E-state index in [-0.39, 0.29) is 18.3 Å². The van der Waals surface area contributed by atoms with Crippen LogP contribution < -0.4 is 14.8 Å². The Labute approximate surface area is 190 Å². The predicted octanol–water partition coefficient (Wildman–Crippen LogP) is 3.35. The molecule has 0 amide bonds. The number of hydrogen-bond acceptors (Lipinski definition) is 7. The Hall–Kier alpha value is -3.65. The molecule has 1 aliphatic carbocycles. The number of nitrogens with zero attached hydrogens (tertiary/aromatic N) is 3. The Morgan fingerprint density at radius 2 is 1.85 bits per heavy atom. The summed E-state index contributed by atoms with van der Waals surface area (Å²) in [7, 11) is 0. The fourth-order valence-corrected chi connectivity index (χ4v) is 4.94. The van der Waals surface area contributed by atoms with E-state index in [1.54, 1.807) is 4.68 Å². The zero-order valence-electron chi connectivity index (χ0n) is 18.0. The lowest BCUT2D eigenvalue weighted by Crippen LogP contribution is -2.33. The number of nitrogens with one attached hydrogen (secondary N) is 1. The second-order valence-corrected chi connectivity index (χ2v) is 8.57. The first kappa shape index (κ1) is 20.0. The number of ether oxygens (including phenoxy) is 2. The van der Waals surface area contributed by atoms with Crippen molar-refractivity contribution in [3.05, 3.63) is 76.8 Å². The number of fused-ring (bicyclic) bond motifs is 2. The number of hydrogen-bond donors (Lipinski definition) is 2. The van der Waals surface area contributed by atoms with E-state index in [9.17, 15) is 9.90 Å². The summed E-state index contributed by atoms with van der Waals surface area (Å²) in [5, 5.41) is 17.5. The molecule has 2 aromatic carbocycles. The topological polar surface area (TPSA) is 98.5 Å². The van der Waals surface area contributed by atoms with Crippen molar-refractivity contribution in [1.29, 1.82) is 0 Å². The van der Waals surface area contributed by atoms with Crippen LogP contribution in [-0.4, -0.2) is 38.9 Å². The van der Waals surface area contributed by atoms with E-state index in [2.05, 4.69) is 27.5 Å². The SMILES string of the molecule is O=C1CC(c2ccccc2)CC2=C1C(c1ccc3c(c1)OCCCO3)n1nc(CO)nc1N2. The second-order valence-electron chi connectivity index (χ2n) is 8.57. The predicted molar refractivity (Wildman–Crippen MR) is 120 cm³/mol. The Morgan fingerprint density at radius 3 is 2.67 bits per heavy atom. The van der Waals surface area contributed by atoms with Crippen LogP contribution in [0.5, 0.6) is 11.5 Å². The lowest BCUT2D eigenvalue weighted by atomic mass is 9.78. The molecule has 0 saturated heterocycles. The van der Waals surface area contributed by atoms with Crippen LogP contribution in [0.25, 0.3) is 0 Å². The normalized spacial score (nSPS) is 21.7. The van der Waals surface area contributed by atoms with E-state index in [0.717, 1.165) is 23.2 Å². The van der Waals surface area contributed by atoms with Crippen molar-refractivity contribution in [3.63, 3.8) is 0 Å². The first-order chi connectivity index (χ1) is 16.2. The number of rotatable bonds is 3. The van der Waals surface area contributed by atoms with Crippen LogP contribution in [0.2, 0.25) is 0 Å². The molecule has 0 radical (unpaired) electrons. The molecule has 0 spiro atoms. The Morgan fingerprint density at radius 1 is 1.03 bits per heavy atom. The van der Waals surface area contributed by atoms with Crippen molar-refractivity contribution in [1.82, 2.24) is 14.8 Å². The summed E-state index contributed by atoms with van der Waals surface area (Å²) < 4.78 is 13.4. The molecular formula is C25H24N4O4. The maximum atomic E-state index is 13.6. The largest absolute Gasteiger partial charge is 0.490 e. The summed E-state index contributed by atoms with van der Waals surface area (Å²) in [6, 6.07) is 15.5. The van der Waals surface area contributed by atoms with Gasteiger partial charge in [-0.05, 0) is 35.6 Å². The summed E-state index contributed by atoms with van der Waals surface area (Å²) in [5.41, 5.74) is 3.57. The molecule has 8 heteroatoms. The van der Waals surface area contributed by atoms with Gasteiger partial charge >= 0.3 is 0 Å². The maximum Gasteiger partial charge on any atom is 0.226 e. The highest BCUT2D eigenvalue weighted by atomic mass is 16.5. The molecule has 0 fully saturated rings. The zero-order chi connectivity index (χ0) is 22.4. The number of anilines is 1. The summed E-state index contributed by atoms with van der Waals surface area (Å²) in [5.74, 6) is 2.39. The van der Waals surface area contributed by atoms with Crippen molar-refractivity contribution in [3.8, 4) is 11.5 Å². The highest BCUT2D eigenvalue weighted by Crippen LogP contribution is 2.45. The molecule has 3 aliphatic rings. The van der Waals surface area contributed by atoms with Gasteiger partial charge in [0.25, 0.3) is 0 Å². The highest BCUT2D eigenvalue weighted by Gasteiger charge is 2.40. The second kappa shape index (κ2) is 8.04. The number of aliphatic hydroxyl groups excluding tert-OH is 1. The van der Waals surface area contributed by atoms with Gasteiger partial charge in [0.2, 0.25) is 5.95 Å². The summed E-state index contributed by atoms with van der Waals surface area (Å²) in [6.45, 7) is 0.916. The number of aliphatic hydroxyl groups is 1. The summed E-state index contributed by atoms with van der Waals surface area (Å²) in [4.78, 5) is 18.0. The van der Waals surface area contributed by atoms with Crippen LogP contribution in [0.4, 0.5) is 5.95 Å². The quantitative estimate of drug-likeness (QED) is 0.639. The first-order valence-corrected chi connectivity index (χ1v) is 11.3. The van der Waals surface area contributed by atoms with Crippen molar-refractivity contribution in [2.24, 2.45) is 0 Å². The first-order valence-electron chi connectivity index (χ1n) is 11.3. The third kappa shape index (κ3) is 3.47. The third-order valence-corrected chi connectivity index (χ3v) is 6.46. The van der Waals surface area contributed by atoms with E-state index in [0.29, 0.717) is 54.9 Å². The minimum absolute atomic E-state index is 0.0846. The van der Waals surface area contributed by atoms with E-state index in [4.69, 9.17) is 9.47 Å². The number of benzene rings is 2. The Bertz CT molecular complexity index is 1250. The number of allylic oxidation sites excluding steroid dienone is 2. The van der Waals surface area contributed by atoms with Crippen molar-refractivity contribution in [2.75, 3.05) is 18.5 Å². The van der Waals surface area contributed by atoms with Crippen molar-refractivity contribution in [2.45, 2.75) is 37.8 Å². The summed E-state index contributed by atoms with van der Waals surface area (Å²) >= 11 is 0. The molecule has 2 atom stereocenters. The van der Waals surface area contributed by atoms with Crippen LogP contribution in [0, 0.1) is 0 Å². The lowest BCUT2D eigenvalue weighted by molar-refractivity contribution is -0.116. The van der Waals surface area contributed by atoms with E-state index in [1.807, 2.05) is 36.4 Å². The Balaban J connectivity index is 1.46. The van der Waals surface area contributed by atoms with Gasteiger partial charge < -0.3 is 19.9 Å². The van der Waals surface area contributed by atoms with Crippen LogP contribution in [0.1, 0.15) is 48.2 Å². The standard InChI is InChI=1S/C25H24N4O4/c30-14-22-27-25-26-18-11-17(15-5-2-1-3-6-15)12-19(31)23(18)24(29(25)28-22)16-7-8-20-21(13-16)33-10-4-9-32-20/h1-3,5-8,13,17,24,30H,4,9-12,14H2,(H,26,27,28). The highest BCUT2D eigenvalue weighted by molar-refractivity contribution is 6.00. The van der Waals surface area contributed by atoms with Crippen molar-refractivity contribution < 1.29 is 19.4 Å². The monoisotopic (exact) mass is 444 g/mol. The molecule has 2 aliphatic heterocycles. The summed E-state index contributed by atoms with van der Waals surface area (Å²) in [6.07, 6.45) is 1.95. The van der Waals surface area contributed by atoms with Gasteiger partial charge in [0.05, 0.1) is 13.2 Å². The maximum absolute atomic E-state index is 13.6. The van der Waals surface area contributed by atoms with Gasteiger partial charge in [-0.25, -0.2) is 4.68 Å². The number of ketones is 1. The van der Waals surface area contributed by atoms with Gasteiger partial charge in [-0.15, -0.1) is 0 Å². The average molecular weight is 444 g/mol. The third-order valence-electron chi connectivity index (χ3n) is 6.46. The smallest absolute Gasteiger partial charge is 0.226 e. The van der Waals surface area contributed by atoms with Gasteiger partial charge in [-0.3, -0.25) is 4.79 Å². The van der Waals surface area contributed by atoms with Crippen LogP contribution in [0.3, 0.4) is 0 Å². The fourth-order valence-electron chi connectivity index (χ4n) is 4.94. The fraction of sp³-hybridized carbons (Fsp3) is 0.320. The zero-order valence-corrected chi connectivity index (χ0v) is 18.0. The van der Waals surface area contributed by atoms with E-state index in [1.165, 1.54) is 0 Å². The number of Topliss-reactive ketones (excluding diaryl/α,β-unsaturated/α-hetero) is 1. The van der Waals surface area contributed by atoms with Gasteiger partial charge in [0.15, 0.2) is 23.1 Å². The van der Waals surface area contributed by atoms with E-state index >= 15 is 0 Å². The minimum Gasteiger partial charge on any atom is -0.490 e. The number of aromatic nitrogens is 3. The molecule has 2 unspecified atom stereocenters. The number of carbonyl (C=O) groups is 1. The van der Waals surface area contributed by atoms with Gasteiger partial charge in [-0.2, -0.15) is 10.1 Å².